The monoisotopic (exact) mass is 288 g/mol. The minimum absolute atomic E-state index is 0.244. The van der Waals surface area contributed by atoms with Crippen molar-refractivity contribution in [1.29, 1.82) is 0 Å². The van der Waals surface area contributed by atoms with Crippen LogP contribution in [-0.2, 0) is 4.74 Å². The number of esters is 1. The topological polar surface area (TPSA) is 42.4 Å². The van der Waals surface area contributed by atoms with Crippen LogP contribution in [-0.4, -0.2) is 31.2 Å². The van der Waals surface area contributed by atoms with Gasteiger partial charge in [0.25, 0.3) is 0 Å². The van der Waals surface area contributed by atoms with Gasteiger partial charge in [-0.25, -0.2) is 9.78 Å². The summed E-state index contributed by atoms with van der Waals surface area (Å²) in [7, 11) is 1.35. The van der Waals surface area contributed by atoms with E-state index in [0.717, 1.165) is 30.6 Å². The minimum Gasteiger partial charge on any atom is -0.465 e. The Morgan fingerprint density at radius 1 is 1.50 bits per heavy atom. The van der Waals surface area contributed by atoms with Crippen LogP contribution in [0.15, 0.2) is 0 Å². The summed E-state index contributed by atoms with van der Waals surface area (Å²) in [4.78, 5) is 18.4. The van der Waals surface area contributed by atoms with E-state index in [9.17, 15) is 4.79 Å². The third kappa shape index (κ3) is 2.62. The van der Waals surface area contributed by atoms with Crippen molar-refractivity contribution in [1.82, 2.24) is 4.98 Å². The molecule has 1 aromatic heterocycles. The Labute approximate surface area is 116 Å². The van der Waals surface area contributed by atoms with Crippen LogP contribution in [0.25, 0.3) is 0 Å². The van der Waals surface area contributed by atoms with Gasteiger partial charge in [-0.05, 0) is 18.3 Å². The number of thiazole rings is 1. The maximum Gasteiger partial charge on any atom is 0.351 e. The molecule has 100 valence electrons. The second kappa shape index (κ2) is 5.45. The molecular formula is C12H17ClN2O2S. The molecule has 0 N–H and O–H groups in total. The van der Waals surface area contributed by atoms with Crippen LogP contribution in [0.2, 0.25) is 5.15 Å². The molecule has 1 aliphatic rings. The molecule has 1 aromatic rings. The number of hydrogen-bond donors (Lipinski definition) is 0. The third-order valence-corrected chi connectivity index (χ3v) is 5.03. The predicted octanol–water partition coefficient (Wildman–Crippen LogP) is 3.07. The molecule has 2 atom stereocenters. The molecule has 0 amide bonds. The summed E-state index contributed by atoms with van der Waals surface area (Å²) in [6.07, 6.45) is 1.14. The van der Waals surface area contributed by atoms with E-state index < -0.39 is 5.97 Å². The summed E-state index contributed by atoms with van der Waals surface area (Å²) in [5.41, 5.74) is 0. The lowest BCUT2D eigenvalue weighted by Crippen LogP contribution is -2.38. The maximum absolute atomic E-state index is 11.5. The van der Waals surface area contributed by atoms with Gasteiger partial charge in [0.15, 0.2) is 15.2 Å². The Kier molecular flexibility index (Phi) is 4.12. The number of carbonyl (C=O) groups excluding carboxylic acids is 1. The number of ether oxygens (including phenoxy) is 1. The molecule has 0 saturated carbocycles. The quantitative estimate of drug-likeness (QED) is 0.785. The summed E-state index contributed by atoms with van der Waals surface area (Å²) < 4.78 is 4.68. The standard InChI is InChI=1S/C12H17ClN2O2S/c1-7-4-5-15(6-8(7)2)12-14-10(13)9(18-12)11(16)17-3/h7-8H,4-6H2,1-3H3. The Balaban J connectivity index is 2.17. The lowest BCUT2D eigenvalue weighted by atomic mass is 9.89. The van der Waals surface area contributed by atoms with Crippen LogP contribution >= 0.6 is 22.9 Å². The van der Waals surface area contributed by atoms with E-state index >= 15 is 0 Å². The highest BCUT2D eigenvalue weighted by molar-refractivity contribution is 7.18. The maximum atomic E-state index is 11.5. The zero-order valence-electron chi connectivity index (χ0n) is 10.8. The molecule has 2 rings (SSSR count). The van der Waals surface area contributed by atoms with Gasteiger partial charge in [-0.1, -0.05) is 36.8 Å². The van der Waals surface area contributed by atoms with Gasteiger partial charge in [0.2, 0.25) is 0 Å². The minimum atomic E-state index is -0.415. The number of hydrogen-bond acceptors (Lipinski definition) is 5. The van der Waals surface area contributed by atoms with Crippen molar-refractivity contribution >= 4 is 34.0 Å². The molecule has 4 nitrogen and oxygen atoms in total. The number of halogens is 1. The van der Waals surface area contributed by atoms with E-state index in [2.05, 4.69) is 28.5 Å². The zero-order valence-corrected chi connectivity index (χ0v) is 12.3. The molecule has 0 aliphatic carbocycles. The van der Waals surface area contributed by atoms with Crippen LogP contribution in [0.1, 0.15) is 29.9 Å². The van der Waals surface area contributed by atoms with Gasteiger partial charge in [-0.2, -0.15) is 0 Å². The van der Waals surface area contributed by atoms with E-state index in [-0.39, 0.29) is 5.15 Å². The summed E-state index contributed by atoms with van der Waals surface area (Å²) in [5, 5.41) is 1.06. The Hall–Kier alpha value is -0.810. The lowest BCUT2D eigenvalue weighted by molar-refractivity contribution is 0.0606. The van der Waals surface area contributed by atoms with Gasteiger partial charge in [0, 0.05) is 13.1 Å². The molecule has 18 heavy (non-hydrogen) atoms. The molecule has 0 radical (unpaired) electrons. The van der Waals surface area contributed by atoms with E-state index in [1.165, 1.54) is 18.4 Å². The molecule has 1 saturated heterocycles. The van der Waals surface area contributed by atoms with Crippen molar-refractivity contribution in [3.8, 4) is 0 Å². The van der Waals surface area contributed by atoms with E-state index in [4.69, 9.17) is 11.6 Å². The second-order valence-corrected chi connectivity index (χ2v) is 6.13. The molecule has 2 unspecified atom stereocenters. The van der Waals surface area contributed by atoms with Crippen molar-refractivity contribution in [3.63, 3.8) is 0 Å². The molecular weight excluding hydrogens is 272 g/mol. The van der Waals surface area contributed by atoms with Crippen LogP contribution in [0.3, 0.4) is 0 Å². The first-order valence-corrected chi connectivity index (χ1v) is 7.22. The third-order valence-electron chi connectivity index (χ3n) is 3.55. The SMILES string of the molecule is COC(=O)c1sc(N2CCC(C)C(C)C2)nc1Cl. The molecule has 0 bridgehead atoms. The van der Waals surface area contributed by atoms with Crippen molar-refractivity contribution in [3.05, 3.63) is 10.0 Å². The number of methoxy groups -OCH3 is 1. The van der Waals surface area contributed by atoms with Gasteiger partial charge in [-0.15, -0.1) is 0 Å². The van der Waals surface area contributed by atoms with Gasteiger partial charge in [0.1, 0.15) is 0 Å². The first kappa shape index (κ1) is 13.6. The number of rotatable bonds is 2. The fourth-order valence-corrected chi connectivity index (χ4v) is 3.32. The number of carbonyl (C=O) groups is 1. The highest BCUT2D eigenvalue weighted by atomic mass is 35.5. The average molecular weight is 289 g/mol. The molecule has 1 fully saturated rings. The van der Waals surface area contributed by atoms with E-state index in [0.29, 0.717) is 10.8 Å². The van der Waals surface area contributed by atoms with Crippen LogP contribution in [0.4, 0.5) is 5.13 Å². The van der Waals surface area contributed by atoms with Crippen molar-refractivity contribution in [2.45, 2.75) is 20.3 Å². The first-order chi connectivity index (χ1) is 8.52. The van der Waals surface area contributed by atoms with Crippen molar-refractivity contribution < 1.29 is 9.53 Å². The predicted molar refractivity (Wildman–Crippen MR) is 73.6 cm³/mol. The van der Waals surface area contributed by atoms with E-state index in [1.54, 1.807) is 0 Å². The average Bonchev–Trinajstić information content (AvgIpc) is 2.74. The summed E-state index contributed by atoms with van der Waals surface area (Å²) in [6, 6.07) is 0. The van der Waals surface area contributed by atoms with Crippen molar-refractivity contribution in [2.24, 2.45) is 11.8 Å². The first-order valence-electron chi connectivity index (χ1n) is 6.02. The second-order valence-electron chi connectivity index (χ2n) is 4.80. The number of anilines is 1. The van der Waals surface area contributed by atoms with Crippen molar-refractivity contribution in [2.75, 3.05) is 25.1 Å². The van der Waals surface area contributed by atoms with Gasteiger partial charge in [0.05, 0.1) is 7.11 Å². The highest BCUT2D eigenvalue weighted by Gasteiger charge is 2.26. The number of piperidine rings is 1. The smallest absolute Gasteiger partial charge is 0.351 e. The Morgan fingerprint density at radius 3 is 2.83 bits per heavy atom. The largest absolute Gasteiger partial charge is 0.465 e. The lowest BCUT2D eigenvalue weighted by Gasteiger charge is -2.35. The van der Waals surface area contributed by atoms with Crippen LogP contribution in [0.5, 0.6) is 0 Å². The van der Waals surface area contributed by atoms with Gasteiger partial charge in [-0.3, -0.25) is 0 Å². The van der Waals surface area contributed by atoms with Gasteiger partial charge >= 0.3 is 5.97 Å². The zero-order chi connectivity index (χ0) is 13.3. The molecule has 0 aromatic carbocycles. The summed E-state index contributed by atoms with van der Waals surface area (Å²) >= 11 is 7.28. The number of nitrogens with zero attached hydrogens (tertiary/aromatic N) is 2. The van der Waals surface area contributed by atoms with E-state index in [1.807, 2.05) is 0 Å². The summed E-state index contributed by atoms with van der Waals surface area (Å²) in [5.74, 6) is 0.946. The Bertz CT molecular complexity index is 449. The number of aromatic nitrogens is 1. The fourth-order valence-electron chi connectivity index (χ4n) is 2.08. The molecule has 6 heteroatoms. The molecule has 2 heterocycles. The normalized spacial score (nSPS) is 24.1. The molecule has 0 spiro atoms. The summed E-state index contributed by atoms with van der Waals surface area (Å²) in [6.45, 7) is 6.45. The Morgan fingerprint density at radius 2 is 2.22 bits per heavy atom. The highest BCUT2D eigenvalue weighted by Crippen LogP contribution is 2.33. The fraction of sp³-hybridized carbons (Fsp3) is 0.667. The van der Waals surface area contributed by atoms with Gasteiger partial charge < -0.3 is 9.64 Å². The van der Waals surface area contributed by atoms with Crippen LogP contribution < -0.4 is 4.90 Å². The molecule has 1 aliphatic heterocycles. The van der Waals surface area contributed by atoms with Crippen LogP contribution in [0, 0.1) is 11.8 Å².